The van der Waals surface area contributed by atoms with Gasteiger partial charge in [-0.3, -0.25) is 19.3 Å². The van der Waals surface area contributed by atoms with Crippen LogP contribution in [0.2, 0.25) is 0 Å². The van der Waals surface area contributed by atoms with Gasteiger partial charge in [0.25, 0.3) is 11.8 Å². The van der Waals surface area contributed by atoms with Crippen molar-refractivity contribution < 1.29 is 14.4 Å². The molecule has 0 unspecified atom stereocenters. The second-order valence-electron chi connectivity index (χ2n) is 6.54. The van der Waals surface area contributed by atoms with Crippen LogP contribution >= 0.6 is 11.3 Å². The van der Waals surface area contributed by atoms with Gasteiger partial charge < -0.3 is 5.32 Å². The van der Waals surface area contributed by atoms with Gasteiger partial charge in [-0.15, -0.1) is 10.2 Å². The summed E-state index contributed by atoms with van der Waals surface area (Å²) >= 11 is 1.35. The van der Waals surface area contributed by atoms with Crippen molar-refractivity contribution in [1.82, 2.24) is 30.0 Å². The predicted molar refractivity (Wildman–Crippen MR) is 94.3 cm³/mol. The molecule has 0 radical (unpaired) electrons. The molecule has 1 N–H and O–H groups in total. The number of hydrogen-bond acceptors (Lipinski definition) is 7. The summed E-state index contributed by atoms with van der Waals surface area (Å²) in [7, 11) is 0. The molecule has 0 bridgehead atoms. The molecule has 1 saturated carbocycles. The zero-order valence-electron chi connectivity index (χ0n) is 14.1. The van der Waals surface area contributed by atoms with Crippen molar-refractivity contribution in [3.63, 3.8) is 0 Å². The number of amides is 3. The summed E-state index contributed by atoms with van der Waals surface area (Å²) in [5.41, 5.74) is 0.660. The molecule has 0 atom stereocenters. The van der Waals surface area contributed by atoms with Crippen molar-refractivity contribution in [2.45, 2.75) is 25.3 Å². The molecule has 136 valence electrons. The van der Waals surface area contributed by atoms with Gasteiger partial charge in [-0.1, -0.05) is 23.5 Å². The number of rotatable bonds is 5. The minimum Gasteiger partial charge on any atom is -0.348 e. The van der Waals surface area contributed by atoms with Gasteiger partial charge in [0.2, 0.25) is 10.9 Å². The molecule has 3 heterocycles. The van der Waals surface area contributed by atoms with E-state index >= 15 is 0 Å². The first kappa shape index (κ1) is 16.1. The Morgan fingerprint density at radius 2 is 1.85 bits per heavy atom. The maximum atomic E-state index is 12.3. The first-order valence-corrected chi connectivity index (χ1v) is 9.36. The van der Waals surface area contributed by atoms with Crippen LogP contribution in [0.5, 0.6) is 0 Å². The highest BCUT2D eigenvalue weighted by atomic mass is 32.1. The molecule has 27 heavy (non-hydrogen) atoms. The van der Waals surface area contributed by atoms with E-state index in [9.17, 15) is 14.4 Å². The average Bonchev–Trinajstić information content (AvgIpc) is 3.25. The SMILES string of the molecule is O=C(CN1C(=O)c2ccccc2C1=O)NCc1nn2c(C3CC3)nnc2s1. The van der Waals surface area contributed by atoms with E-state index in [0.717, 1.165) is 23.6 Å². The number of carbonyl (C=O) groups is 3. The fourth-order valence-electron chi connectivity index (χ4n) is 3.10. The Bertz CT molecular complexity index is 1060. The van der Waals surface area contributed by atoms with Crippen molar-refractivity contribution in [3.05, 3.63) is 46.2 Å². The van der Waals surface area contributed by atoms with E-state index in [4.69, 9.17) is 0 Å². The van der Waals surface area contributed by atoms with E-state index in [1.54, 1.807) is 28.8 Å². The van der Waals surface area contributed by atoms with Crippen molar-refractivity contribution in [2.75, 3.05) is 6.54 Å². The summed E-state index contributed by atoms with van der Waals surface area (Å²) in [6, 6.07) is 6.56. The lowest BCUT2D eigenvalue weighted by atomic mass is 10.1. The quantitative estimate of drug-likeness (QED) is 0.659. The molecule has 1 fully saturated rings. The maximum Gasteiger partial charge on any atom is 0.262 e. The summed E-state index contributed by atoms with van der Waals surface area (Å²) in [5, 5.41) is 16.1. The van der Waals surface area contributed by atoms with E-state index in [2.05, 4.69) is 20.6 Å². The Morgan fingerprint density at radius 1 is 1.15 bits per heavy atom. The molecule has 5 rings (SSSR count). The number of imide groups is 1. The predicted octanol–water partition coefficient (Wildman–Crippen LogP) is 0.976. The summed E-state index contributed by atoms with van der Waals surface area (Å²) in [5.74, 6) is -0.0154. The molecule has 3 amide bonds. The monoisotopic (exact) mass is 382 g/mol. The zero-order valence-corrected chi connectivity index (χ0v) is 14.9. The van der Waals surface area contributed by atoms with Gasteiger partial charge in [0, 0.05) is 5.92 Å². The highest BCUT2D eigenvalue weighted by molar-refractivity contribution is 7.16. The lowest BCUT2D eigenvalue weighted by Crippen LogP contribution is -2.40. The van der Waals surface area contributed by atoms with Crippen LogP contribution in [-0.2, 0) is 11.3 Å². The number of fused-ring (bicyclic) bond motifs is 2. The standard InChI is InChI=1S/C17H14N6O3S/c24-12(8-22-15(25)10-3-1-2-4-11(10)16(22)26)18-7-13-21-23-14(9-5-6-9)19-20-17(23)27-13/h1-4,9H,5-8H2,(H,18,24). The Labute approximate surface area is 157 Å². The van der Waals surface area contributed by atoms with Crippen LogP contribution in [0.4, 0.5) is 0 Å². The highest BCUT2D eigenvalue weighted by Crippen LogP contribution is 2.39. The van der Waals surface area contributed by atoms with Crippen LogP contribution in [0.1, 0.15) is 50.3 Å². The van der Waals surface area contributed by atoms with Crippen LogP contribution in [0, 0.1) is 0 Å². The molecule has 1 aliphatic carbocycles. The largest absolute Gasteiger partial charge is 0.348 e. The van der Waals surface area contributed by atoms with E-state index < -0.39 is 17.7 Å². The Balaban J connectivity index is 1.24. The van der Waals surface area contributed by atoms with Crippen LogP contribution in [-0.4, -0.2) is 49.0 Å². The summed E-state index contributed by atoms with van der Waals surface area (Å²) in [6.07, 6.45) is 2.20. The van der Waals surface area contributed by atoms with E-state index in [-0.39, 0.29) is 13.1 Å². The van der Waals surface area contributed by atoms with Crippen molar-refractivity contribution in [3.8, 4) is 0 Å². The molecule has 2 aromatic heterocycles. The van der Waals surface area contributed by atoms with Gasteiger partial charge in [-0.25, -0.2) is 0 Å². The molecular formula is C17H14N6O3S. The van der Waals surface area contributed by atoms with Crippen LogP contribution in [0.15, 0.2) is 24.3 Å². The maximum absolute atomic E-state index is 12.3. The third kappa shape index (κ3) is 2.69. The third-order valence-corrected chi connectivity index (χ3v) is 5.51. The number of aromatic nitrogens is 4. The first-order chi connectivity index (χ1) is 13.1. The molecule has 1 aromatic carbocycles. The fraction of sp³-hybridized carbons (Fsp3) is 0.294. The molecule has 10 heteroatoms. The van der Waals surface area contributed by atoms with Crippen LogP contribution in [0.3, 0.4) is 0 Å². The van der Waals surface area contributed by atoms with Crippen molar-refractivity contribution >= 4 is 34.0 Å². The molecular weight excluding hydrogens is 368 g/mol. The number of hydrogen-bond donors (Lipinski definition) is 1. The number of benzene rings is 1. The zero-order chi connectivity index (χ0) is 18.5. The lowest BCUT2D eigenvalue weighted by Gasteiger charge is -2.13. The minimum atomic E-state index is -0.446. The van der Waals surface area contributed by atoms with Crippen LogP contribution in [0.25, 0.3) is 4.96 Å². The van der Waals surface area contributed by atoms with E-state index in [1.807, 2.05) is 0 Å². The number of nitrogens with zero attached hydrogens (tertiary/aromatic N) is 5. The minimum absolute atomic E-state index is 0.208. The summed E-state index contributed by atoms with van der Waals surface area (Å²) in [4.78, 5) is 38.5. The van der Waals surface area contributed by atoms with Gasteiger partial charge in [0.15, 0.2) is 5.82 Å². The van der Waals surface area contributed by atoms with Gasteiger partial charge in [0.1, 0.15) is 11.6 Å². The van der Waals surface area contributed by atoms with Crippen molar-refractivity contribution in [1.29, 1.82) is 0 Å². The Morgan fingerprint density at radius 3 is 2.52 bits per heavy atom. The van der Waals surface area contributed by atoms with Gasteiger partial charge in [-0.2, -0.15) is 9.61 Å². The Hall–Kier alpha value is -3.14. The number of nitrogens with one attached hydrogen (secondary N) is 1. The highest BCUT2D eigenvalue weighted by Gasteiger charge is 2.36. The van der Waals surface area contributed by atoms with E-state index in [0.29, 0.717) is 27.0 Å². The van der Waals surface area contributed by atoms with Gasteiger partial charge in [-0.05, 0) is 25.0 Å². The summed E-state index contributed by atoms with van der Waals surface area (Å²) in [6.45, 7) is -0.107. The second kappa shape index (κ2) is 5.95. The second-order valence-corrected chi connectivity index (χ2v) is 7.58. The molecule has 1 aliphatic heterocycles. The fourth-order valence-corrected chi connectivity index (χ4v) is 3.88. The summed E-state index contributed by atoms with van der Waals surface area (Å²) < 4.78 is 1.73. The lowest BCUT2D eigenvalue weighted by molar-refractivity contribution is -0.121. The van der Waals surface area contributed by atoms with Crippen LogP contribution < -0.4 is 5.32 Å². The molecule has 0 saturated heterocycles. The first-order valence-electron chi connectivity index (χ1n) is 8.55. The molecule has 2 aliphatic rings. The van der Waals surface area contributed by atoms with Gasteiger partial charge in [0.05, 0.1) is 17.7 Å². The average molecular weight is 382 g/mol. The smallest absolute Gasteiger partial charge is 0.262 e. The third-order valence-electron chi connectivity index (χ3n) is 4.62. The van der Waals surface area contributed by atoms with Gasteiger partial charge >= 0.3 is 0 Å². The molecule has 3 aromatic rings. The van der Waals surface area contributed by atoms with Crippen molar-refractivity contribution in [2.24, 2.45) is 0 Å². The molecule has 0 spiro atoms. The Kier molecular flexibility index (Phi) is 3.54. The normalized spacial score (nSPS) is 16.2. The van der Waals surface area contributed by atoms with E-state index in [1.165, 1.54) is 11.3 Å². The molecule has 9 nitrogen and oxygen atoms in total. The number of carbonyl (C=O) groups excluding carboxylic acids is 3. The topological polar surface area (TPSA) is 110 Å².